The van der Waals surface area contributed by atoms with Crippen LogP contribution in [0.25, 0.3) is 0 Å². The standard InChI is InChI=1S/C22H23Cl2NO2/c23-16-6-4-14(5-7-16)22-20(15-2-1-3-17(24)12-15)10-11-21(27)25(22)18-8-9-19(26)13-18/h1-7,12,18-20,22,26H,8-11,13H2/t18?,19?,20?,22-/m1/s1. The van der Waals surface area contributed by atoms with Crippen molar-refractivity contribution in [1.29, 1.82) is 0 Å². The van der Waals surface area contributed by atoms with Crippen LogP contribution in [0.5, 0.6) is 0 Å². The molecular formula is C22H23Cl2NO2. The summed E-state index contributed by atoms with van der Waals surface area (Å²) in [6, 6.07) is 15.7. The molecule has 0 aromatic heterocycles. The van der Waals surface area contributed by atoms with Gasteiger partial charge in [-0.3, -0.25) is 4.79 Å². The van der Waals surface area contributed by atoms with Gasteiger partial charge in [0, 0.05) is 28.4 Å². The van der Waals surface area contributed by atoms with Gasteiger partial charge in [0.25, 0.3) is 0 Å². The number of hydrogen-bond acceptors (Lipinski definition) is 2. The van der Waals surface area contributed by atoms with E-state index in [0.29, 0.717) is 22.9 Å². The van der Waals surface area contributed by atoms with E-state index in [4.69, 9.17) is 23.2 Å². The van der Waals surface area contributed by atoms with Gasteiger partial charge >= 0.3 is 0 Å². The van der Waals surface area contributed by atoms with Crippen LogP contribution in [0.4, 0.5) is 0 Å². The summed E-state index contributed by atoms with van der Waals surface area (Å²) >= 11 is 12.4. The van der Waals surface area contributed by atoms with Gasteiger partial charge in [-0.05, 0) is 61.1 Å². The highest BCUT2D eigenvalue weighted by atomic mass is 35.5. The Morgan fingerprint density at radius 1 is 0.926 bits per heavy atom. The number of likely N-dealkylation sites (tertiary alicyclic amines) is 1. The number of aliphatic hydroxyl groups is 1. The van der Waals surface area contributed by atoms with E-state index >= 15 is 0 Å². The molecule has 0 spiro atoms. The Balaban J connectivity index is 1.77. The summed E-state index contributed by atoms with van der Waals surface area (Å²) in [6.45, 7) is 0. The van der Waals surface area contributed by atoms with Crippen molar-refractivity contribution >= 4 is 29.1 Å². The molecule has 1 saturated carbocycles. The summed E-state index contributed by atoms with van der Waals surface area (Å²) in [5, 5.41) is 11.4. The van der Waals surface area contributed by atoms with Gasteiger partial charge in [0.1, 0.15) is 0 Å². The Labute approximate surface area is 169 Å². The fourth-order valence-electron chi connectivity index (χ4n) is 4.67. The molecule has 5 heteroatoms. The lowest BCUT2D eigenvalue weighted by Gasteiger charge is -2.45. The van der Waals surface area contributed by atoms with Gasteiger partial charge in [0.15, 0.2) is 0 Å². The fraction of sp³-hybridized carbons (Fsp3) is 0.409. The first kappa shape index (κ1) is 18.8. The highest BCUT2D eigenvalue weighted by Gasteiger charge is 2.43. The van der Waals surface area contributed by atoms with Crippen LogP contribution in [0, 0.1) is 0 Å². The van der Waals surface area contributed by atoms with E-state index in [1.165, 1.54) is 0 Å². The van der Waals surface area contributed by atoms with Gasteiger partial charge in [-0.1, -0.05) is 47.5 Å². The maximum absolute atomic E-state index is 13.0. The van der Waals surface area contributed by atoms with Gasteiger partial charge in [-0.2, -0.15) is 0 Å². The molecule has 142 valence electrons. The van der Waals surface area contributed by atoms with Crippen molar-refractivity contribution in [3.05, 3.63) is 69.7 Å². The Morgan fingerprint density at radius 2 is 1.70 bits per heavy atom. The van der Waals surface area contributed by atoms with Crippen LogP contribution in [-0.4, -0.2) is 28.1 Å². The number of piperidine rings is 1. The number of benzene rings is 2. The number of hydrogen-bond donors (Lipinski definition) is 1. The minimum Gasteiger partial charge on any atom is -0.393 e. The van der Waals surface area contributed by atoms with Crippen LogP contribution in [0.1, 0.15) is 55.2 Å². The molecule has 1 aliphatic carbocycles. The van der Waals surface area contributed by atoms with Crippen molar-refractivity contribution in [1.82, 2.24) is 4.90 Å². The first-order chi connectivity index (χ1) is 13.0. The molecule has 1 saturated heterocycles. The van der Waals surface area contributed by atoms with E-state index in [0.717, 1.165) is 30.4 Å². The molecule has 2 aromatic carbocycles. The van der Waals surface area contributed by atoms with E-state index in [1.807, 2.05) is 47.4 Å². The van der Waals surface area contributed by atoms with Gasteiger partial charge < -0.3 is 10.0 Å². The average Bonchev–Trinajstić information content (AvgIpc) is 3.08. The molecular weight excluding hydrogens is 381 g/mol. The molecule has 1 heterocycles. The minimum atomic E-state index is -0.319. The molecule has 2 fully saturated rings. The molecule has 0 radical (unpaired) electrons. The lowest BCUT2D eigenvalue weighted by molar-refractivity contribution is -0.140. The summed E-state index contributed by atoms with van der Waals surface area (Å²) < 4.78 is 0. The third-order valence-electron chi connectivity index (χ3n) is 5.90. The van der Waals surface area contributed by atoms with Crippen molar-refractivity contribution in [2.24, 2.45) is 0 Å². The van der Waals surface area contributed by atoms with Crippen LogP contribution in [0.15, 0.2) is 48.5 Å². The van der Waals surface area contributed by atoms with Crippen LogP contribution in [0.2, 0.25) is 10.0 Å². The quantitative estimate of drug-likeness (QED) is 0.749. The fourth-order valence-corrected chi connectivity index (χ4v) is 5.00. The van der Waals surface area contributed by atoms with Gasteiger partial charge in [-0.15, -0.1) is 0 Å². The molecule has 3 nitrogen and oxygen atoms in total. The summed E-state index contributed by atoms with van der Waals surface area (Å²) in [7, 11) is 0. The molecule has 2 aromatic rings. The van der Waals surface area contributed by atoms with Crippen molar-refractivity contribution in [2.75, 3.05) is 0 Å². The number of halogens is 2. The molecule has 1 amide bonds. The van der Waals surface area contributed by atoms with Crippen molar-refractivity contribution in [3.63, 3.8) is 0 Å². The number of aliphatic hydroxyl groups excluding tert-OH is 1. The number of carbonyl (C=O) groups is 1. The zero-order valence-electron chi connectivity index (χ0n) is 15.0. The minimum absolute atomic E-state index is 0.0720. The third kappa shape index (κ3) is 3.87. The van der Waals surface area contributed by atoms with Crippen LogP contribution in [-0.2, 0) is 4.79 Å². The maximum atomic E-state index is 13.0. The summed E-state index contributed by atoms with van der Waals surface area (Å²) in [4.78, 5) is 15.0. The first-order valence-electron chi connectivity index (χ1n) is 9.53. The molecule has 1 aliphatic heterocycles. The number of rotatable bonds is 3. The van der Waals surface area contributed by atoms with Gasteiger partial charge in [-0.25, -0.2) is 0 Å². The summed E-state index contributed by atoms with van der Waals surface area (Å²) in [5.74, 6) is 0.340. The van der Waals surface area contributed by atoms with Crippen LogP contribution in [0.3, 0.4) is 0 Å². The van der Waals surface area contributed by atoms with Gasteiger partial charge in [0.2, 0.25) is 5.91 Å². The Hall–Kier alpha value is -1.55. The topological polar surface area (TPSA) is 40.5 Å². The number of amides is 1. The number of carbonyl (C=O) groups excluding carboxylic acids is 1. The highest BCUT2D eigenvalue weighted by molar-refractivity contribution is 6.30. The second kappa shape index (κ2) is 7.83. The SMILES string of the molecule is O=C1CCC(c2cccc(Cl)c2)[C@@H](c2ccc(Cl)cc2)N1C1CCC(O)C1. The third-order valence-corrected chi connectivity index (χ3v) is 6.38. The molecule has 2 aliphatic rings. The zero-order chi connectivity index (χ0) is 19.0. The van der Waals surface area contributed by atoms with E-state index < -0.39 is 0 Å². The van der Waals surface area contributed by atoms with E-state index in [-0.39, 0.29) is 30.0 Å². The number of nitrogens with zero attached hydrogens (tertiary/aromatic N) is 1. The predicted molar refractivity (Wildman–Crippen MR) is 108 cm³/mol. The highest BCUT2D eigenvalue weighted by Crippen LogP contribution is 2.46. The van der Waals surface area contributed by atoms with Crippen LogP contribution < -0.4 is 0 Å². The smallest absolute Gasteiger partial charge is 0.223 e. The molecule has 3 unspecified atom stereocenters. The summed E-state index contributed by atoms with van der Waals surface area (Å²) in [5.41, 5.74) is 2.23. The van der Waals surface area contributed by atoms with E-state index in [9.17, 15) is 9.90 Å². The Bertz CT molecular complexity index is 823. The predicted octanol–water partition coefficient (Wildman–Crippen LogP) is 5.35. The Kier molecular flexibility index (Phi) is 5.45. The molecule has 1 N–H and O–H groups in total. The van der Waals surface area contributed by atoms with E-state index in [1.54, 1.807) is 0 Å². The van der Waals surface area contributed by atoms with Crippen LogP contribution >= 0.6 is 23.2 Å². The lowest BCUT2D eigenvalue weighted by atomic mass is 9.79. The largest absolute Gasteiger partial charge is 0.393 e. The molecule has 0 bridgehead atoms. The maximum Gasteiger partial charge on any atom is 0.223 e. The van der Waals surface area contributed by atoms with Crippen molar-refractivity contribution < 1.29 is 9.90 Å². The van der Waals surface area contributed by atoms with Crippen molar-refractivity contribution in [2.45, 2.75) is 56.2 Å². The molecule has 27 heavy (non-hydrogen) atoms. The normalized spacial score (nSPS) is 28.6. The first-order valence-corrected chi connectivity index (χ1v) is 10.3. The lowest BCUT2D eigenvalue weighted by Crippen LogP contribution is -2.47. The second-order valence-corrected chi connectivity index (χ2v) is 8.49. The monoisotopic (exact) mass is 403 g/mol. The zero-order valence-corrected chi connectivity index (χ0v) is 16.5. The van der Waals surface area contributed by atoms with Crippen molar-refractivity contribution in [3.8, 4) is 0 Å². The average molecular weight is 404 g/mol. The van der Waals surface area contributed by atoms with E-state index in [2.05, 4.69) is 6.07 Å². The second-order valence-electron chi connectivity index (χ2n) is 7.62. The molecule has 4 rings (SSSR count). The summed E-state index contributed by atoms with van der Waals surface area (Å²) in [6.07, 6.45) is 3.24. The Morgan fingerprint density at radius 3 is 2.37 bits per heavy atom. The van der Waals surface area contributed by atoms with Gasteiger partial charge in [0.05, 0.1) is 12.1 Å². The molecule has 4 atom stereocenters.